The summed E-state index contributed by atoms with van der Waals surface area (Å²) in [5, 5.41) is 0. The van der Waals surface area contributed by atoms with Gasteiger partial charge in [0.05, 0.1) is 27.5 Å². The van der Waals surface area contributed by atoms with Crippen LogP contribution in [0.5, 0.6) is 0 Å². The van der Waals surface area contributed by atoms with Gasteiger partial charge >= 0.3 is 0 Å². The van der Waals surface area contributed by atoms with Gasteiger partial charge in [-0.25, -0.2) is 8.93 Å². The van der Waals surface area contributed by atoms with Crippen LogP contribution in [0.25, 0.3) is 0 Å². The molecule has 0 aromatic heterocycles. The first kappa shape index (κ1) is 25.5. The summed E-state index contributed by atoms with van der Waals surface area (Å²) in [5.74, 6) is 0.428. The first-order valence-corrected chi connectivity index (χ1v) is 14.0. The van der Waals surface area contributed by atoms with Crippen LogP contribution in [0, 0.1) is 5.92 Å². The van der Waals surface area contributed by atoms with Gasteiger partial charge in [0.1, 0.15) is 0 Å². The van der Waals surface area contributed by atoms with E-state index in [0.717, 1.165) is 35.2 Å². The second kappa shape index (κ2) is 11.9. The molecule has 3 nitrogen and oxygen atoms in total. The summed E-state index contributed by atoms with van der Waals surface area (Å²) in [4.78, 5) is 5.52. The summed E-state index contributed by atoms with van der Waals surface area (Å²) in [6.45, 7) is 6.11. The zero-order chi connectivity index (χ0) is 24.7. The molecule has 0 radical (unpaired) electrons. The summed E-state index contributed by atoms with van der Waals surface area (Å²) >= 11 is 0. The summed E-state index contributed by atoms with van der Waals surface area (Å²) in [6.07, 6.45) is 6.01. The first-order chi connectivity index (χ1) is 16.9. The van der Waals surface area contributed by atoms with Gasteiger partial charge in [-0.3, -0.25) is 4.99 Å². The lowest BCUT2D eigenvalue weighted by atomic mass is 9.80. The van der Waals surface area contributed by atoms with Crippen molar-refractivity contribution in [1.29, 1.82) is 0 Å². The monoisotopic (exact) mass is 486 g/mol. The minimum atomic E-state index is -1.19. The summed E-state index contributed by atoms with van der Waals surface area (Å²) in [5.41, 5.74) is 4.33. The molecular formula is C31H38N2OS. The van der Waals surface area contributed by atoms with Crippen molar-refractivity contribution in [1.82, 2.24) is 4.72 Å². The average Bonchev–Trinajstić information content (AvgIpc) is 2.90. The molecule has 0 bridgehead atoms. The molecule has 1 N–H and O–H groups in total. The highest BCUT2D eigenvalue weighted by molar-refractivity contribution is 7.84. The summed E-state index contributed by atoms with van der Waals surface area (Å²) in [6, 6.07) is 31.3. The number of hydrogen-bond acceptors (Lipinski definition) is 2. The van der Waals surface area contributed by atoms with Gasteiger partial charge in [-0.2, -0.15) is 0 Å². The van der Waals surface area contributed by atoms with Crippen LogP contribution in [0.4, 0.5) is 0 Å². The fraction of sp³-hybridized carbons (Fsp3) is 0.387. The van der Waals surface area contributed by atoms with Crippen LogP contribution >= 0.6 is 0 Å². The fourth-order valence-electron chi connectivity index (χ4n) is 4.87. The van der Waals surface area contributed by atoms with E-state index in [9.17, 15) is 4.21 Å². The summed E-state index contributed by atoms with van der Waals surface area (Å²) in [7, 11) is -1.19. The molecule has 1 saturated carbocycles. The molecule has 4 heteroatoms. The molecule has 184 valence electrons. The van der Waals surface area contributed by atoms with Gasteiger partial charge in [-0.05, 0) is 45.1 Å². The molecule has 0 heterocycles. The van der Waals surface area contributed by atoms with E-state index >= 15 is 0 Å². The lowest BCUT2D eigenvalue weighted by Gasteiger charge is -2.36. The number of rotatable bonds is 8. The highest BCUT2D eigenvalue weighted by atomic mass is 32.2. The Morgan fingerprint density at radius 2 is 1.29 bits per heavy atom. The van der Waals surface area contributed by atoms with Gasteiger partial charge in [0, 0.05) is 17.2 Å². The lowest BCUT2D eigenvalue weighted by Crippen LogP contribution is -2.47. The van der Waals surface area contributed by atoms with Crippen LogP contribution in [0.15, 0.2) is 96.0 Å². The van der Waals surface area contributed by atoms with Crippen molar-refractivity contribution >= 4 is 16.7 Å². The fourth-order valence-corrected chi connectivity index (χ4v) is 5.79. The van der Waals surface area contributed by atoms with Crippen molar-refractivity contribution in [2.45, 2.75) is 69.7 Å². The van der Waals surface area contributed by atoms with Crippen LogP contribution in [0.1, 0.15) is 75.6 Å². The maximum atomic E-state index is 13.4. The molecule has 1 fully saturated rings. The third-order valence-corrected chi connectivity index (χ3v) is 8.40. The van der Waals surface area contributed by atoms with E-state index in [0.29, 0.717) is 5.92 Å². The largest absolute Gasteiger partial charge is 0.274 e. The third kappa shape index (κ3) is 6.77. The predicted molar refractivity (Wildman–Crippen MR) is 149 cm³/mol. The number of nitrogens with one attached hydrogen (secondary N) is 1. The molecule has 1 aliphatic carbocycles. The topological polar surface area (TPSA) is 41.5 Å². The third-order valence-electron chi connectivity index (χ3n) is 6.80. The minimum Gasteiger partial charge on any atom is -0.274 e. The van der Waals surface area contributed by atoms with Gasteiger partial charge in [0.25, 0.3) is 0 Å². The normalized spacial score (nSPS) is 17.3. The smallest absolute Gasteiger partial charge is 0.0973 e. The molecule has 4 rings (SSSR count). The molecule has 35 heavy (non-hydrogen) atoms. The Morgan fingerprint density at radius 1 is 0.800 bits per heavy atom. The van der Waals surface area contributed by atoms with Crippen LogP contribution < -0.4 is 4.72 Å². The molecule has 0 unspecified atom stereocenters. The maximum absolute atomic E-state index is 13.4. The highest BCUT2D eigenvalue weighted by Crippen LogP contribution is 2.36. The van der Waals surface area contributed by atoms with Crippen molar-refractivity contribution < 1.29 is 4.21 Å². The van der Waals surface area contributed by atoms with Gasteiger partial charge in [0.2, 0.25) is 0 Å². The Labute approximate surface area is 213 Å². The quantitative estimate of drug-likeness (QED) is 0.334. The Morgan fingerprint density at radius 3 is 1.77 bits per heavy atom. The van der Waals surface area contributed by atoms with E-state index < -0.39 is 11.0 Å². The molecule has 0 spiro atoms. The number of hydrogen-bond donors (Lipinski definition) is 1. The Bertz CT molecular complexity index is 1060. The summed E-state index contributed by atoms with van der Waals surface area (Å²) < 4.78 is 16.7. The molecule has 3 aromatic rings. The second-order valence-corrected chi connectivity index (χ2v) is 12.5. The van der Waals surface area contributed by atoms with Crippen molar-refractivity contribution in [2.24, 2.45) is 10.9 Å². The molecule has 0 amide bonds. The molecule has 0 aliphatic heterocycles. The zero-order valence-corrected chi connectivity index (χ0v) is 22.0. The SMILES string of the molecule is CC(C)(C)[S@@](=O)N[C@H](C1CCCCC1)[C@@H](N=C(c1ccccc1)c1ccccc1)c1ccccc1. The van der Waals surface area contributed by atoms with E-state index in [1.165, 1.54) is 19.3 Å². The van der Waals surface area contributed by atoms with E-state index in [4.69, 9.17) is 4.99 Å². The van der Waals surface area contributed by atoms with E-state index in [2.05, 4.69) is 83.6 Å². The van der Waals surface area contributed by atoms with Gasteiger partial charge in [-0.1, -0.05) is 110 Å². The van der Waals surface area contributed by atoms with Gasteiger partial charge in [0.15, 0.2) is 0 Å². The van der Waals surface area contributed by atoms with Gasteiger partial charge < -0.3 is 0 Å². The highest BCUT2D eigenvalue weighted by Gasteiger charge is 2.35. The number of nitrogens with zero attached hydrogens (tertiary/aromatic N) is 1. The Kier molecular flexibility index (Phi) is 8.69. The number of aliphatic imine (C=N–C) groups is 1. The Hall–Kier alpha value is -2.56. The molecule has 3 atom stereocenters. The van der Waals surface area contributed by atoms with Crippen molar-refractivity contribution in [2.75, 3.05) is 0 Å². The molecular weight excluding hydrogens is 448 g/mol. The molecule has 0 saturated heterocycles. The Balaban J connectivity index is 1.86. The van der Waals surface area contributed by atoms with E-state index in [-0.39, 0.29) is 16.8 Å². The van der Waals surface area contributed by atoms with Crippen molar-refractivity contribution in [3.05, 3.63) is 108 Å². The predicted octanol–water partition coefficient (Wildman–Crippen LogP) is 7.27. The molecule has 3 aromatic carbocycles. The first-order valence-electron chi connectivity index (χ1n) is 12.8. The molecule has 1 aliphatic rings. The minimum absolute atomic E-state index is 0.0137. The van der Waals surface area contributed by atoms with E-state index in [1.807, 2.05) is 32.9 Å². The van der Waals surface area contributed by atoms with Crippen LogP contribution in [-0.2, 0) is 11.0 Å². The van der Waals surface area contributed by atoms with Crippen LogP contribution in [0.2, 0.25) is 0 Å². The second-order valence-electron chi connectivity index (χ2n) is 10.5. The van der Waals surface area contributed by atoms with Crippen LogP contribution in [-0.4, -0.2) is 20.7 Å². The van der Waals surface area contributed by atoms with E-state index in [1.54, 1.807) is 0 Å². The zero-order valence-electron chi connectivity index (χ0n) is 21.2. The lowest BCUT2D eigenvalue weighted by molar-refractivity contribution is 0.266. The van der Waals surface area contributed by atoms with Crippen molar-refractivity contribution in [3.8, 4) is 0 Å². The van der Waals surface area contributed by atoms with Crippen molar-refractivity contribution in [3.63, 3.8) is 0 Å². The average molecular weight is 487 g/mol. The maximum Gasteiger partial charge on any atom is 0.0973 e. The standard InChI is InChI=1S/C31H38N2OS/c1-31(2,3)35(34)33-30(27-22-14-7-15-23-27)29(26-20-12-6-13-21-26)32-28(24-16-8-4-9-17-24)25-18-10-5-11-19-25/h4-6,8-13,16-21,27,29-30,33H,7,14-15,22-23H2,1-3H3/t29-,30+,35+/m0/s1. The van der Waals surface area contributed by atoms with Gasteiger partial charge in [-0.15, -0.1) is 0 Å². The number of benzene rings is 3. The van der Waals surface area contributed by atoms with Crippen LogP contribution in [0.3, 0.4) is 0 Å².